The van der Waals surface area contributed by atoms with Gasteiger partial charge in [-0.3, -0.25) is 14.5 Å². The molecule has 22 heavy (non-hydrogen) atoms. The maximum absolute atomic E-state index is 11.9. The van der Waals surface area contributed by atoms with E-state index in [1.54, 1.807) is 6.07 Å². The highest BCUT2D eigenvalue weighted by molar-refractivity contribution is 6.13. The maximum Gasteiger partial charge on any atom is 0.338 e. The lowest BCUT2D eigenvalue weighted by atomic mass is 10.0. The number of nitrogens with zero attached hydrogens (tertiary/aromatic N) is 1. The number of hydrogen-bond acceptors (Lipinski definition) is 4. The molecule has 0 spiro atoms. The molecule has 0 saturated heterocycles. The molecule has 5 heteroatoms. The van der Waals surface area contributed by atoms with Gasteiger partial charge in [0.25, 0.3) is 11.8 Å². The minimum atomic E-state index is -0.330. The predicted octanol–water partition coefficient (Wildman–Crippen LogP) is 2.17. The molecule has 114 valence electrons. The van der Waals surface area contributed by atoms with E-state index < -0.39 is 0 Å². The number of benzene rings is 1. The van der Waals surface area contributed by atoms with Crippen LogP contribution in [0.15, 0.2) is 30.4 Å². The van der Waals surface area contributed by atoms with Crippen molar-refractivity contribution in [1.29, 1.82) is 0 Å². The number of ether oxygens (including phenoxy) is 1. The minimum Gasteiger partial charge on any atom is -0.462 e. The van der Waals surface area contributed by atoms with Crippen molar-refractivity contribution in [3.63, 3.8) is 0 Å². The molecular weight excluding hydrogens is 282 g/mol. The summed E-state index contributed by atoms with van der Waals surface area (Å²) in [6.45, 7) is 2.35. The molecule has 0 radical (unpaired) electrons. The van der Waals surface area contributed by atoms with E-state index in [9.17, 15) is 14.4 Å². The Balaban J connectivity index is 1.83. The summed E-state index contributed by atoms with van der Waals surface area (Å²) in [5, 5.41) is 0. The van der Waals surface area contributed by atoms with Crippen LogP contribution < -0.4 is 0 Å². The normalized spacial score (nSPS) is 19.7. The molecule has 1 aromatic rings. The Bertz CT molecular complexity index is 659. The van der Waals surface area contributed by atoms with Crippen molar-refractivity contribution in [2.24, 2.45) is 0 Å². The van der Waals surface area contributed by atoms with Crippen LogP contribution in [0.3, 0.4) is 0 Å². The monoisotopic (exact) mass is 299 g/mol. The minimum absolute atomic E-state index is 0.231. The largest absolute Gasteiger partial charge is 0.462 e. The highest BCUT2D eigenvalue weighted by Gasteiger charge is 2.36. The second kappa shape index (κ2) is 5.75. The SMILES string of the molecule is CCCOC(=O)c1ccc2c(c1)CC[C@@H]2N1C(=O)C=CC1=O. The Kier molecular flexibility index (Phi) is 3.79. The number of aryl methyl sites for hydroxylation is 1. The van der Waals surface area contributed by atoms with Gasteiger partial charge in [0, 0.05) is 12.2 Å². The van der Waals surface area contributed by atoms with E-state index in [2.05, 4.69) is 0 Å². The van der Waals surface area contributed by atoms with Crippen molar-refractivity contribution >= 4 is 17.8 Å². The topological polar surface area (TPSA) is 63.7 Å². The van der Waals surface area contributed by atoms with Crippen LogP contribution in [-0.4, -0.2) is 29.3 Å². The van der Waals surface area contributed by atoms with E-state index in [0.717, 1.165) is 24.0 Å². The maximum atomic E-state index is 11.9. The average molecular weight is 299 g/mol. The van der Waals surface area contributed by atoms with Crippen LogP contribution in [0.2, 0.25) is 0 Å². The molecule has 2 aliphatic rings. The number of carbonyl (C=O) groups is 3. The van der Waals surface area contributed by atoms with E-state index in [1.807, 2.05) is 19.1 Å². The third-order valence-corrected chi connectivity index (χ3v) is 4.02. The number of hydrogen-bond donors (Lipinski definition) is 0. The molecule has 1 atom stereocenters. The van der Waals surface area contributed by atoms with Gasteiger partial charge in [-0.25, -0.2) is 4.79 Å². The Labute approximate surface area is 128 Å². The lowest BCUT2D eigenvalue weighted by Gasteiger charge is -2.22. The Morgan fingerprint density at radius 1 is 1.27 bits per heavy atom. The molecule has 0 fully saturated rings. The van der Waals surface area contributed by atoms with Gasteiger partial charge in [0.05, 0.1) is 18.2 Å². The molecule has 0 N–H and O–H groups in total. The van der Waals surface area contributed by atoms with Crippen LogP contribution >= 0.6 is 0 Å². The molecule has 0 unspecified atom stereocenters. The third-order valence-electron chi connectivity index (χ3n) is 4.02. The first kappa shape index (κ1) is 14.5. The van der Waals surface area contributed by atoms with E-state index in [1.165, 1.54) is 17.1 Å². The van der Waals surface area contributed by atoms with Crippen molar-refractivity contribution in [1.82, 2.24) is 4.90 Å². The number of fused-ring (bicyclic) bond motifs is 1. The molecule has 0 saturated carbocycles. The molecular formula is C17H17NO4. The molecule has 0 bridgehead atoms. The Morgan fingerprint density at radius 3 is 2.68 bits per heavy atom. The summed E-state index contributed by atoms with van der Waals surface area (Å²) in [6, 6.07) is 5.11. The van der Waals surface area contributed by atoms with Crippen molar-refractivity contribution in [2.75, 3.05) is 6.61 Å². The fraction of sp³-hybridized carbons (Fsp3) is 0.353. The van der Waals surface area contributed by atoms with E-state index in [-0.39, 0.29) is 23.8 Å². The summed E-state index contributed by atoms with van der Waals surface area (Å²) in [7, 11) is 0. The third kappa shape index (κ3) is 2.43. The van der Waals surface area contributed by atoms with Gasteiger partial charge in [-0.15, -0.1) is 0 Å². The fourth-order valence-corrected chi connectivity index (χ4v) is 2.99. The van der Waals surface area contributed by atoms with Crippen LogP contribution in [0.5, 0.6) is 0 Å². The molecule has 3 rings (SSSR count). The average Bonchev–Trinajstić information content (AvgIpc) is 3.07. The van der Waals surface area contributed by atoms with E-state index in [4.69, 9.17) is 4.74 Å². The van der Waals surface area contributed by atoms with Crippen LogP contribution in [0, 0.1) is 0 Å². The first-order valence-corrected chi connectivity index (χ1v) is 7.47. The van der Waals surface area contributed by atoms with Crippen molar-refractivity contribution in [3.8, 4) is 0 Å². The summed E-state index contributed by atoms with van der Waals surface area (Å²) in [6.07, 6.45) is 4.83. The van der Waals surface area contributed by atoms with Gasteiger partial charge in [0.2, 0.25) is 0 Å². The number of rotatable bonds is 4. The molecule has 2 amide bonds. The molecule has 5 nitrogen and oxygen atoms in total. The lowest BCUT2D eigenvalue weighted by Crippen LogP contribution is -2.33. The van der Waals surface area contributed by atoms with Crippen LogP contribution in [0.4, 0.5) is 0 Å². The summed E-state index contributed by atoms with van der Waals surface area (Å²) >= 11 is 0. The smallest absolute Gasteiger partial charge is 0.338 e. The summed E-state index contributed by atoms with van der Waals surface area (Å²) in [4.78, 5) is 36.8. The van der Waals surface area contributed by atoms with E-state index in [0.29, 0.717) is 18.6 Å². The predicted molar refractivity (Wildman–Crippen MR) is 79.1 cm³/mol. The summed E-state index contributed by atoms with van der Waals surface area (Å²) in [5.41, 5.74) is 2.46. The standard InChI is InChI=1S/C17H17NO4/c1-2-9-22-17(21)12-3-5-13-11(10-12)4-6-14(13)18-15(19)7-8-16(18)20/h3,5,7-8,10,14H,2,4,6,9H2,1H3/t14-/m0/s1. The summed E-state index contributed by atoms with van der Waals surface area (Å²) in [5.74, 6) is -0.869. The van der Waals surface area contributed by atoms with Gasteiger partial charge in [0.15, 0.2) is 0 Å². The molecule has 1 aliphatic carbocycles. The Hall–Kier alpha value is -2.43. The zero-order chi connectivity index (χ0) is 15.7. The van der Waals surface area contributed by atoms with E-state index >= 15 is 0 Å². The van der Waals surface area contributed by atoms with Crippen LogP contribution in [0.25, 0.3) is 0 Å². The number of amides is 2. The molecule has 1 aromatic carbocycles. The lowest BCUT2D eigenvalue weighted by molar-refractivity contribution is -0.139. The highest BCUT2D eigenvalue weighted by atomic mass is 16.5. The number of esters is 1. The van der Waals surface area contributed by atoms with Gasteiger partial charge in [-0.05, 0) is 42.5 Å². The number of carbonyl (C=O) groups excluding carboxylic acids is 3. The Morgan fingerprint density at radius 2 is 2.00 bits per heavy atom. The second-order valence-electron chi connectivity index (χ2n) is 5.48. The highest BCUT2D eigenvalue weighted by Crippen LogP contribution is 2.37. The van der Waals surface area contributed by atoms with Crippen molar-refractivity contribution in [2.45, 2.75) is 32.2 Å². The first-order chi connectivity index (χ1) is 10.6. The zero-order valence-electron chi connectivity index (χ0n) is 12.4. The van der Waals surface area contributed by atoms with Gasteiger partial charge < -0.3 is 4.74 Å². The van der Waals surface area contributed by atoms with Crippen molar-refractivity contribution in [3.05, 3.63) is 47.0 Å². The molecule has 1 aliphatic heterocycles. The van der Waals surface area contributed by atoms with Crippen molar-refractivity contribution < 1.29 is 19.1 Å². The first-order valence-electron chi connectivity index (χ1n) is 7.47. The number of imide groups is 1. The fourth-order valence-electron chi connectivity index (χ4n) is 2.99. The van der Waals surface area contributed by atoms with Crippen LogP contribution in [0.1, 0.15) is 47.3 Å². The quantitative estimate of drug-likeness (QED) is 0.631. The van der Waals surface area contributed by atoms with Gasteiger partial charge in [0.1, 0.15) is 0 Å². The second-order valence-corrected chi connectivity index (χ2v) is 5.48. The van der Waals surface area contributed by atoms with Gasteiger partial charge >= 0.3 is 5.97 Å². The summed E-state index contributed by atoms with van der Waals surface area (Å²) < 4.78 is 5.13. The molecule has 0 aromatic heterocycles. The van der Waals surface area contributed by atoms with Crippen LogP contribution in [-0.2, 0) is 20.7 Å². The zero-order valence-corrected chi connectivity index (χ0v) is 12.4. The van der Waals surface area contributed by atoms with Gasteiger partial charge in [-0.2, -0.15) is 0 Å². The van der Waals surface area contributed by atoms with Gasteiger partial charge in [-0.1, -0.05) is 13.0 Å². The molecule has 1 heterocycles.